The van der Waals surface area contributed by atoms with Gasteiger partial charge in [-0.15, -0.1) is 11.6 Å². The van der Waals surface area contributed by atoms with Crippen LogP contribution < -0.4 is 5.32 Å². The second-order valence-electron chi connectivity index (χ2n) is 6.33. The van der Waals surface area contributed by atoms with Crippen LogP contribution in [0.25, 0.3) is 0 Å². The second kappa shape index (κ2) is 7.71. The minimum atomic E-state index is -4.95. The zero-order valence-corrected chi connectivity index (χ0v) is 15.4. The normalized spacial score (nSPS) is 21.4. The maximum atomic E-state index is 13.9. The number of para-hydroxylation sites is 2. The molecule has 2 aromatic rings. The molecular formula is C20H14ClF3N2O3. The fraction of sp³-hybridized carbons (Fsp3) is 0.150. The van der Waals surface area contributed by atoms with Gasteiger partial charge in [-0.1, -0.05) is 48.5 Å². The summed E-state index contributed by atoms with van der Waals surface area (Å²) in [6, 6.07) is 13.1. The molecule has 0 amide bonds. The largest absolute Gasteiger partial charge is 0.412 e. The van der Waals surface area contributed by atoms with Gasteiger partial charge in [0.2, 0.25) is 0 Å². The van der Waals surface area contributed by atoms with Crippen LogP contribution in [0.2, 0.25) is 0 Å². The van der Waals surface area contributed by atoms with Gasteiger partial charge in [0.05, 0.1) is 10.8 Å². The molecule has 0 spiro atoms. The maximum absolute atomic E-state index is 13.9. The van der Waals surface area contributed by atoms with Gasteiger partial charge in [0.15, 0.2) is 10.7 Å². The van der Waals surface area contributed by atoms with Crippen molar-refractivity contribution < 1.29 is 22.9 Å². The fourth-order valence-electron chi connectivity index (χ4n) is 2.99. The van der Waals surface area contributed by atoms with E-state index in [2.05, 4.69) is 5.32 Å². The first kappa shape index (κ1) is 20.6. The third kappa shape index (κ3) is 4.02. The molecule has 0 saturated heterocycles. The number of nitrogens with one attached hydrogen (secondary N) is 1. The zero-order valence-electron chi connectivity index (χ0n) is 14.7. The molecule has 9 heteroatoms. The molecule has 2 atom stereocenters. The Morgan fingerprint density at radius 2 is 1.72 bits per heavy atom. The number of anilines is 1. The molecule has 3 rings (SSSR count). The Morgan fingerprint density at radius 3 is 2.34 bits per heavy atom. The van der Waals surface area contributed by atoms with Crippen LogP contribution >= 0.6 is 11.6 Å². The third-order valence-corrected chi connectivity index (χ3v) is 5.00. The number of halogens is 4. The molecular weight excluding hydrogens is 409 g/mol. The lowest BCUT2D eigenvalue weighted by atomic mass is 9.80. The number of Topliss-reactive ketones (excluding diaryl/α,β-unsaturated/α-hetero) is 1. The topological polar surface area (TPSA) is 72.2 Å². The van der Waals surface area contributed by atoms with Crippen molar-refractivity contribution >= 4 is 28.8 Å². The van der Waals surface area contributed by atoms with Gasteiger partial charge in [-0.25, -0.2) is 0 Å². The number of rotatable bonds is 5. The molecule has 0 fully saturated rings. The minimum absolute atomic E-state index is 0.00225. The lowest BCUT2D eigenvalue weighted by molar-refractivity contribution is -0.383. The van der Waals surface area contributed by atoms with Crippen LogP contribution in [0.15, 0.2) is 78.5 Å². The Kier molecular flexibility index (Phi) is 5.48. The summed E-state index contributed by atoms with van der Waals surface area (Å²) in [6.07, 6.45) is -1.96. The van der Waals surface area contributed by atoms with E-state index in [0.29, 0.717) is 6.08 Å². The number of alkyl halides is 4. The summed E-state index contributed by atoms with van der Waals surface area (Å²) in [5.41, 5.74) is -0.317. The van der Waals surface area contributed by atoms with Crippen LogP contribution in [-0.4, -0.2) is 21.8 Å². The number of carbonyl (C=O) groups is 1. The van der Waals surface area contributed by atoms with E-state index in [1.54, 1.807) is 18.2 Å². The number of allylic oxidation sites excluding steroid dienone is 3. The average molecular weight is 423 g/mol. The molecule has 0 bridgehead atoms. The van der Waals surface area contributed by atoms with Crippen LogP contribution in [0.5, 0.6) is 0 Å². The highest BCUT2D eigenvalue weighted by Crippen LogP contribution is 2.47. The lowest BCUT2D eigenvalue weighted by Gasteiger charge is -2.35. The smallest absolute Gasteiger partial charge is 0.350 e. The molecule has 2 unspecified atom stereocenters. The Bertz CT molecular complexity index is 1010. The van der Waals surface area contributed by atoms with Gasteiger partial charge in [0.25, 0.3) is 5.69 Å². The summed E-state index contributed by atoms with van der Waals surface area (Å²) < 4.78 is 41.6. The molecule has 5 nitrogen and oxygen atoms in total. The summed E-state index contributed by atoms with van der Waals surface area (Å²) >= 11 is 5.98. The number of carbonyl (C=O) groups excluding carboxylic acids is 1. The monoisotopic (exact) mass is 422 g/mol. The van der Waals surface area contributed by atoms with Crippen molar-refractivity contribution in [3.63, 3.8) is 0 Å². The van der Waals surface area contributed by atoms with Gasteiger partial charge < -0.3 is 5.32 Å². The molecule has 0 saturated carbocycles. The number of nitro benzene ring substituents is 1. The van der Waals surface area contributed by atoms with E-state index >= 15 is 0 Å². The van der Waals surface area contributed by atoms with Gasteiger partial charge in [-0.2, -0.15) is 13.2 Å². The van der Waals surface area contributed by atoms with E-state index in [0.717, 1.165) is 6.08 Å². The highest BCUT2D eigenvalue weighted by molar-refractivity contribution is 6.29. The molecule has 0 radical (unpaired) electrons. The predicted octanol–water partition coefficient (Wildman–Crippen LogP) is 5.50. The number of ketones is 1. The van der Waals surface area contributed by atoms with Crippen LogP contribution in [0.1, 0.15) is 10.4 Å². The molecule has 1 N–H and O–H groups in total. The van der Waals surface area contributed by atoms with Crippen molar-refractivity contribution in [3.05, 3.63) is 94.2 Å². The second-order valence-corrected chi connectivity index (χ2v) is 6.96. The number of nitro groups is 1. The number of hydrogen-bond acceptors (Lipinski definition) is 4. The van der Waals surface area contributed by atoms with Crippen molar-refractivity contribution in [2.75, 3.05) is 5.32 Å². The highest BCUT2D eigenvalue weighted by Gasteiger charge is 2.59. The SMILES string of the molecule is O=C(c1ccccc1)C1C=CC(Nc2ccccc2[N+](=O)[O-])=CC1(Cl)C(F)(F)F. The Hall–Kier alpha value is -3.13. The van der Waals surface area contributed by atoms with Crippen LogP contribution in [0, 0.1) is 16.0 Å². The van der Waals surface area contributed by atoms with Crippen molar-refractivity contribution in [2.45, 2.75) is 11.1 Å². The Labute approximate surface area is 168 Å². The summed E-state index contributed by atoms with van der Waals surface area (Å²) in [7, 11) is 0. The van der Waals surface area contributed by atoms with E-state index < -0.39 is 27.7 Å². The molecule has 0 aromatic heterocycles. The van der Waals surface area contributed by atoms with Crippen molar-refractivity contribution in [1.82, 2.24) is 0 Å². The standard InChI is InChI=1S/C20H14ClF3N2O3/c21-19(20(22,23)24)12-14(25-16-8-4-5-9-17(16)26(28)29)10-11-15(19)18(27)13-6-2-1-3-7-13/h1-12,15,25H. The minimum Gasteiger partial charge on any atom is -0.350 e. The molecule has 150 valence electrons. The summed E-state index contributed by atoms with van der Waals surface area (Å²) in [5.74, 6) is -2.47. The van der Waals surface area contributed by atoms with Crippen molar-refractivity contribution in [1.29, 1.82) is 0 Å². The first-order valence-corrected chi connectivity index (χ1v) is 8.77. The van der Waals surface area contributed by atoms with Crippen LogP contribution in [0.3, 0.4) is 0 Å². The number of benzene rings is 2. The molecule has 2 aromatic carbocycles. The quantitative estimate of drug-likeness (QED) is 0.299. The summed E-state index contributed by atoms with van der Waals surface area (Å²) in [4.78, 5) is 20.2. The molecule has 29 heavy (non-hydrogen) atoms. The molecule has 1 aliphatic rings. The van der Waals surface area contributed by atoms with Crippen molar-refractivity contribution in [3.8, 4) is 0 Å². The van der Waals surface area contributed by atoms with Gasteiger partial charge in [0.1, 0.15) is 5.69 Å². The molecule has 0 heterocycles. The van der Waals surface area contributed by atoms with Gasteiger partial charge in [-0.3, -0.25) is 14.9 Å². The fourth-order valence-corrected chi connectivity index (χ4v) is 3.28. The van der Waals surface area contributed by atoms with E-state index in [-0.39, 0.29) is 22.6 Å². The van der Waals surface area contributed by atoms with Crippen molar-refractivity contribution in [2.24, 2.45) is 5.92 Å². The Morgan fingerprint density at radius 1 is 1.10 bits per heavy atom. The van der Waals surface area contributed by atoms with Gasteiger partial charge in [0, 0.05) is 17.3 Å². The first-order chi connectivity index (χ1) is 13.6. The predicted molar refractivity (Wildman–Crippen MR) is 103 cm³/mol. The van der Waals surface area contributed by atoms with E-state index in [1.807, 2.05) is 0 Å². The number of nitrogens with zero attached hydrogens (tertiary/aromatic N) is 1. The lowest BCUT2D eigenvalue weighted by Crippen LogP contribution is -2.49. The zero-order chi connectivity index (χ0) is 21.2. The molecule has 1 aliphatic carbocycles. The van der Waals surface area contributed by atoms with E-state index in [1.165, 1.54) is 42.5 Å². The average Bonchev–Trinajstić information content (AvgIpc) is 2.68. The summed E-state index contributed by atoms with van der Waals surface area (Å²) in [6.45, 7) is 0. The first-order valence-electron chi connectivity index (χ1n) is 8.40. The summed E-state index contributed by atoms with van der Waals surface area (Å²) in [5, 5.41) is 13.7. The number of hydrogen-bond donors (Lipinski definition) is 1. The van der Waals surface area contributed by atoms with Gasteiger partial charge in [-0.05, 0) is 18.2 Å². The van der Waals surface area contributed by atoms with E-state index in [9.17, 15) is 28.1 Å². The van der Waals surface area contributed by atoms with Crippen LogP contribution in [-0.2, 0) is 0 Å². The van der Waals surface area contributed by atoms with E-state index in [4.69, 9.17) is 11.6 Å². The van der Waals surface area contributed by atoms with Crippen LogP contribution in [0.4, 0.5) is 24.5 Å². The molecule has 0 aliphatic heterocycles. The highest BCUT2D eigenvalue weighted by atomic mass is 35.5. The third-order valence-electron chi connectivity index (χ3n) is 4.44. The van der Waals surface area contributed by atoms with Gasteiger partial charge >= 0.3 is 6.18 Å². The maximum Gasteiger partial charge on any atom is 0.412 e. The Balaban J connectivity index is 1.99.